The standard InChI is InChI=1S/C13H29NO3/c1-4-5-9-17-11-13(16)10-14(12(2)3)7-6-8-15/h12-13,15-16H,4-11H2,1-3H3. The monoisotopic (exact) mass is 247 g/mol. The summed E-state index contributed by atoms with van der Waals surface area (Å²) in [4.78, 5) is 2.17. The Balaban J connectivity index is 3.74. The summed E-state index contributed by atoms with van der Waals surface area (Å²) in [5.74, 6) is 0. The van der Waals surface area contributed by atoms with Crippen molar-refractivity contribution in [2.45, 2.75) is 52.2 Å². The van der Waals surface area contributed by atoms with Crippen LogP contribution in [-0.2, 0) is 4.74 Å². The van der Waals surface area contributed by atoms with Gasteiger partial charge >= 0.3 is 0 Å². The Bertz CT molecular complexity index is 165. The second-order valence-electron chi connectivity index (χ2n) is 4.75. The first-order chi connectivity index (χ1) is 8.11. The molecule has 17 heavy (non-hydrogen) atoms. The van der Waals surface area contributed by atoms with Gasteiger partial charge in [-0.25, -0.2) is 0 Å². The smallest absolute Gasteiger partial charge is 0.0900 e. The molecule has 0 fully saturated rings. The molecule has 4 nitrogen and oxygen atoms in total. The van der Waals surface area contributed by atoms with Gasteiger partial charge in [0.05, 0.1) is 12.7 Å². The SMILES string of the molecule is CCCCOCC(O)CN(CCCO)C(C)C. The molecule has 1 atom stereocenters. The molecule has 0 aromatic heterocycles. The van der Waals surface area contributed by atoms with Gasteiger partial charge in [-0.05, 0) is 26.7 Å². The van der Waals surface area contributed by atoms with Crippen LogP contribution < -0.4 is 0 Å². The topological polar surface area (TPSA) is 52.9 Å². The molecule has 0 heterocycles. The molecule has 0 aromatic rings. The summed E-state index contributed by atoms with van der Waals surface area (Å²) in [6.45, 7) is 9.09. The highest BCUT2D eigenvalue weighted by Crippen LogP contribution is 2.02. The average molecular weight is 247 g/mol. The molecule has 0 aromatic carbocycles. The van der Waals surface area contributed by atoms with E-state index in [2.05, 4.69) is 25.7 Å². The van der Waals surface area contributed by atoms with Crippen LogP contribution in [0.5, 0.6) is 0 Å². The predicted octanol–water partition coefficient (Wildman–Crippen LogP) is 1.26. The van der Waals surface area contributed by atoms with E-state index in [-0.39, 0.29) is 6.61 Å². The number of unbranched alkanes of at least 4 members (excludes halogenated alkanes) is 1. The van der Waals surface area contributed by atoms with Crippen LogP contribution in [0.25, 0.3) is 0 Å². The van der Waals surface area contributed by atoms with Gasteiger partial charge in [0.15, 0.2) is 0 Å². The van der Waals surface area contributed by atoms with Crippen molar-refractivity contribution in [2.24, 2.45) is 0 Å². The molecule has 0 aliphatic rings. The third-order valence-electron chi connectivity index (χ3n) is 2.73. The second-order valence-corrected chi connectivity index (χ2v) is 4.75. The molecule has 0 saturated carbocycles. The quantitative estimate of drug-likeness (QED) is 0.540. The van der Waals surface area contributed by atoms with E-state index in [4.69, 9.17) is 9.84 Å². The minimum absolute atomic E-state index is 0.201. The molecule has 0 spiro atoms. The molecule has 2 N–H and O–H groups in total. The summed E-state index contributed by atoms with van der Waals surface area (Å²) >= 11 is 0. The first-order valence-electron chi connectivity index (χ1n) is 6.72. The number of hydrogen-bond acceptors (Lipinski definition) is 4. The molecule has 1 unspecified atom stereocenters. The number of hydrogen-bond donors (Lipinski definition) is 2. The molecular formula is C13H29NO3. The maximum absolute atomic E-state index is 9.84. The van der Waals surface area contributed by atoms with E-state index in [1.165, 1.54) is 0 Å². The van der Waals surface area contributed by atoms with Crippen molar-refractivity contribution in [3.8, 4) is 0 Å². The van der Waals surface area contributed by atoms with Crippen molar-refractivity contribution in [1.29, 1.82) is 0 Å². The molecule has 0 bridgehead atoms. The second kappa shape index (κ2) is 11.0. The molecule has 0 aliphatic carbocycles. The Morgan fingerprint density at radius 3 is 2.47 bits per heavy atom. The van der Waals surface area contributed by atoms with Gasteiger partial charge in [0.25, 0.3) is 0 Å². The minimum Gasteiger partial charge on any atom is -0.396 e. The van der Waals surface area contributed by atoms with E-state index in [0.717, 1.165) is 32.4 Å². The van der Waals surface area contributed by atoms with Gasteiger partial charge in [0, 0.05) is 32.3 Å². The summed E-state index contributed by atoms with van der Waals surface area (Å²) < 4.78 is 5.39. The fourth-order valence-corrected chi connectivity index (χ4v) is 1.62. The maximum Gasteiger partial charge on any atom is 0.0900 e. The largest absolute Gasteiger partial charge is 0.396 e. The summed E-state index contributed by atoms with van der Waals surface area (Å²) in [7, 11) is 0. The van der Waals surface area contributed by atoms with E-state index < -0.39 is 6.10 Å². The van der Waals surface area contributed by atoms with Crippen LogP contribution in [0.4, 0.5) is 0 Å². The van der Waals surface area contributed by atoms with E-state index >= 15 is 0 Å². The number of aliphatic hydroxyl groups excluding tert-OH is 2. The van der Waals surface area contributed by atoms with E-state index in [9.17, 15) is 5.11 Å². The lowest BCUT2D eigenvalue weighted by molar-refractivity contribution is 0.00934. The van der Waals surface area contributed by atoms with Crippen molar-refractivity contribution in [3.63, 3.8) is 0 Å². The Hall–Kier alpha value is -0.160. The average Bonchev–Trinajstić information content (AvgIpc) is 2.29. The minimum atomic E-state index is -0.437. The van der Waals surface area contributed by atoms with Gasteiger partial charge in [-0.1, -0.05) is 13.3 Å². The predicted molar refractivity (Wildman–Crippen MR) is 70.1 cm³/mol. The van der Waals surface area contributed by atoms with Crippen LogP contribution in [0.2, 0.25) is 0 Å². The summed E-state index contributed by atoms with van der Waals surface area (Å²) in [6, 6.07) is 0.381. The molecule has 0 saturated heterocycles. The number of nitrogens with zero attached hydrogens (tertiary/aromatic N) is 1. The van der Waals surface area contributed by atoms with Crippen molar-refractivity contribution in [2.75, 3.05) is 32.9 Å². The highest BCUT2D eigenvalue weighted by molar-refractivity contribution is 4.68. The zero-order valence-corrected chi connectivity index (χ0v) is 11.6. The Morgan fingerprint density at radius 2 is 1.94 bits per heavy atom. The van der Waals surface area contributed by atoms with Gasteiger partial charge < -0.3 is 14.9 Å². The summed E-state index contributed by atoms with van der Waals surface area (Å²) in [6.07, 6.45) is 2.48. The molecule has 4 heteroatoms. The van der Waals surface area contributed by atoms with Gasteiger partial charge in [-0.15, -0.1) is 0 Å². The van der Waals surface area contributed by atoms with Crippen LogP contribution in [0.1, 0.15) is 40.0 Å². The van der Waals surface area contributed by atoms with Crippen molar-refractivity contribution >= 4 is 0 Å². The summed E-state index contributed by atoms with van der Waals surface area (Å²) in [5.41, 5.74) is 0. The van der Waals surface area contributed by atoms with Crippen molar-refractivity contribution in [1.82, 2.24) is 4.90 Å². The molecule has 0 radical (unpaired) electrons. The Morgan fingerprint density at radius 1 is 1.24 bits per heavy atom. The zero-order valence-electron chi connectivity index (χ0n) is 11.6. The van der Waals surface area contributed by atoms with Gasteiger partial charge in [0.1, 0.15) is 0 Å². The first-order valence-corrected chi connectivity index (χ1v) is 6.72. The van der Waals surface area contributed by atoms with E-state index in [0.29, 0.717) is 19.2 Å². The van der Waals surface area contributed by atoms with Gasteiger partial charge in [-0.2, -0.15) is 0 Å². The zero-order chi connectivity index (χ0) is 13.1. The van der Waals surface area contributed by atoms with Gasteiger partial charge in [0.2, 0.25) is 0 Å². The molecule has 0 aliphatic heterocycles. The van der Waals surface area contributed by atoms with Crippen LogP contribution in [0.3, 0.4) is 0 Å². The molecule has 0 rings (SSSR count). The summed E-state index contributed by atoms with van der Waals surface area (Å²) in [5, 5.41) is 18.7. The van der Waals surface area contributed by atoms with Crippen LogP contribution in [-0.4, -0.2) is 60.2 Å². The lowest BCUT2D eigenvalue weighted by Crippen LogP contribution is -2.40. The number of ether oxygens (including phenoxy) is 1. The normalized spacial score (nSPS) is 13.6. The number of rotatable bonds is 11. The first kappa shape index (κ1) is 16.8. The Kier molecular flexibility index (Phi) is 10.9. The third kappa shape index (κ3) is 9.53. The fourth-order valence-electron chi connectivity index (χ4n) is 1.62. The van der Waals surface area contributed by atoms with Crippen molar-refractivity contribution in [3.05, 3.63) is 0 Å². The highest BCUT2D eigenvalue weighted by atomic mass is 16.5. The van der Waals surface area contributed by atoms with E-state index in [1.54, 1.807) is 0 Å². The Labute approximate surface area is 106 Å². The molecule has 0 amide bonds. The molecule has 104 valence electrons. The fraction of sp³-hybridized carbons (Fsp3) is 1.00. The van der Waals surface area contributed by atoms with Gasteiger partial charge in [-0.3, -0.25) is 4.90 Å². The molecular weight excluding hydrogens is 218 g/mol. The van der Waals surface area contributed by atoms with Crippen LogP contribution in [0.15, 0.2) is 0 Å². The van der Waals surface area contributed by atoms with Crippen LogP contribution >= 0.6 is 0 Å². The maximum atomic E-state index is 9.84. The number of aliphatic hydroxyl groups is 2. The highest BCUT2D eigenvalue weighted by Gasteiger charge is 2.14. The van der Waals surface area contributed by atoms with E-state index in [1.807, 2.05) is 0 Å². The lowest BCUT2D eigenvalue weighted by Gasteiger charge is -2.28. The lowest BCUT2D eigenvalue weighted by atomic mass is 10.2. The van der Waals surface area contributed by atoms with Crippen molar-refractivity contribution < 1.29 is 14.9 Å². The van der Waals surface area contributed by atoms with Crippen LogP contribution in [0, 0.1) is 0 Å². The third-order valence-corrected chi connectivity index (χ3v) is 2.73.